The molecular weight excluding hydrogens is 325 g/mol. The molecule has 22 heavy (non-hydrogen) atoms. The van der Waals surface area contributed by atoms with E-state index in [2.05, 4.69) is 10.1 Å². The summed E-state index contributed by atoms with van der Waals surface area (Å²) in [4.78, 5) is 23.4. The maximum atomic E-state index is 12.1. The van der Waals surface area contributed by atoms with Crippen LogP contribution in [-0.4, -0.2) is 19.0 Å². The normalized spacial score (nSPS) is 10.1. The summed E-state index contributed by atoms with van der Waals surface area (Å²) < 4.78 is 4.62. The predicted molar refractivity (Wildman–Crippen MR) is 85.4 cm³/mol. The molecule has 0 atom stereocenters. The molecule has 1 amide bonds. The number of halogens is 2. The fourth-order valence-corrected chi connectivity index (χ4v) is 2.32. The van der Waals surface area contributed by atoms with E-state index in [9.17, 15) is 9.59 Å². The molecule has 0 aliphatic carbocycles. The zero-order valence-corrected chi connectivity index (χ0v) is 13.2. The lowest BCUT2D eigenvalue weighted by Gasteiger charge is -2.08. The molecule has 0 spiro atoms. The van der Waals surface area contributed by atoms with Gasteiger partial charge in [0.2, 0.25) is 0 Å². The van der Waals surface area contributed by atoms with E-state index in [1.807, 2.05) is 0 Å². The molecule has 0 saturated heterocycles. The number of benzene rings is 2. The molecule has 6 heteroatoms. The van der Waals surface area contributed by atoms with Crippen LogP contribution in [0.1, 0.15) is 26.3 Å². The van der Waals surface area contributed by atoms with Crippen LogP contribution in [0.3, 0.4) is 0 Å². The number of carbonyl (C=O) groups is 2. The van der Waals surface area contributed by atoms with E-state index in [1.165, 1.54) is 13.2 Å². The highest BCUT2D eigenvalue weighted by Gasteiger charge is 2.10. The predicted octanol–water partition coefficient (Wildman–Crippen LogP) is 3.71. The Morgan fingerprint density at radius 3 is 2.36 bits per heavy atom. The smallest absolute Gasteiger partial charge is 0.337 e. The van der Waals surface area contributed by atoms with Gasteiger partial charge in [-0.15, -0.1) is 0 Å². The zero-order valence-electron chi connectivity index (χ0n) is 11.7. The summed E-state index contributed by atoms with van der Waals surface area (Å²) in [6, 6.07) is 11.5. The first-order chi connectivity index (χ1) is 10.5. The van der Waals surface area contributed by atoms with Crippen molar-refractivity contribution in [2.45, 2.75) is 6.54 Å². The van der Waals surface area contributed by atoms with Crippen molar-refractivity contribution >= 4 is 35.1 Å². The second-order valence-corrected chi connectivity index (χ2v) is 5.34. The molecule has 0 unspecified atom stereocenters. The summed E-state index contributed by atoms with van der Waals surface area (Å²) >= 11 is 11.8. The maximum absolute atomic E-state index is 12.1. The van der Waals surface area contributed by atoms with E-state index in [0.29, 0.717) is 27.7 Å². The molecule has 114 valence electrons. The number of hydrogen-bond donors (Lipinski definition) is 1. The Hall–Kier alpha value is -2.04. The lowest BCUT2D eigenvalue weighted by Crippen LogP contribution is -2.23. The van der Waals surface area contributed by atoms with Gasteiger partial charge < -0.3 is 10.1 Å². The summed E-state index contributed by atoms with van der Waals surface area (Å²) in [6.45, 7) is 0.319. The SMILES string of the molecule is COC(=O)c1ccc(CNC(=O)c2ccc(Cl)cc2Cl)cc1. The van der Waals surface area contributed by atoms with Crippen molar-refractivity contribution in [1.82, 2.24) is 5.32 Å². The number of carbonyl (C=O) groups excluding carboxylic acids is 2. The van der Waals surface area contributed by atoms with E-state index < -0.39 is 5.97 Å². The summed E-state index contributed by atoms with van der Waals surface area (Å²) in [5, 5.41) is 3.52. The van der Waals surface area contributed by atoms with Crippen molar-refractivity contribution in [1.29, 1.82) is 0 Å². The van der Waals surface area contributed by atoms with Crippen molar-refractivity contribution in [2.75, 3.05) is 7.11 Å². The molecule has 2 aromatic rings. The van der Waals surface area contributed by atoms with E-state index >= 15 is 0 Å². The first-order valence-electron chi connectivity index (χ1n) is 6.42. The van der Waals surface area contributed by atoms with Crippen molar-refractivity contribution in [3.05, 3.63) is 69.2 Å². The van der Waals surface area contributed by atoms with Crippen LogP contribution in [0.5, 0.6) is 0 Å². The van der Waals surface area contributed by atoms with Crippen LogP contribution >= 0.6 is 23.2 Å². The Labute approximate surface area is 138 Å². The Morgan fingerprint density at radius 2 is 1.77 bits per heavy atom. The van der Waals surface area contributed by atoms with Gasteiger partial charge in [0, 0.05) is 11.6 Å². The van der Waals surface area contributed by atoms with Crippen LogP contribution in [0.15, 0.2) is 42.5 Å². The molecule has 0 fully saturated rings. The number of nitrogens with one attached hydrogen (secondary N) is 1. The van der Waals surface area contributed by atoms with Gasteiger partial charge in [-0.1, -0.05) is 35.3 Å². The van der Waals surface area contributed by atoms with Crippen LogP contribution < -0.4 is 5.32 Å². The third-order valence-corrected chi connectivity index (χ3v) is 3.55. The minimum Gasteiger partial charge on any atom is -0.465 e. The first kappa shape index (κ1) is 16.3. The Morgan fingerprint density at radius 1 is 1.09 bits per heavy atom. The summed E-state index contributed by atoms with van der Waals surface area (Å²) in [5.74, 6) is -0.692. The second kappa shape index (κ2) is 7.29. The van der Waals surface area contributed by atoms with E-state index in [1.54, 1.807) is 36.4 Å². The Balaban J connectivity index is 2.00. The molecule has 0 aromatic heterocycles. The lowest BCUT2D eigenvalue weighted by atomic mass is 10.1. The number of methoxy groups -OCH3 is 1. The van der Waals surface area contributed by atoms with Crippen molar-refractivity contribution in [2.24, 2.45) is 0 Å². The molecule has 2 aromatic carbocycles. The van der Waals surface area contributed by atoms with Gasteiger partial charge in [-0.3, -0.25) is 4.79 Å². The number of rotatable bonds is 4. The van der Waals surface area contributed by atoms with Crippen molar-refractivity contribution in [3.63, 3.8) is 0 Å². The molecule has 0 aliphatic rings. The van der Waals surface area contributed by atoms with Crippen molar-refractivity contribution < 1.29 is 14.3 Å². The average molecular weight is 338 g/mol. The number of hydrogen-bond acceptors (Lipinski definition) is 3. The molecule has 0 bridgehead atoms. The lowest BCUT2D eigenvalue weighted by molar-refractivity contribution is 0.0600. The molecule has 4 nitrogen and oxygen atoms in total. The quantitative estimate of drug-likeness (QED) is 0.865. The second-order valence-electron chi connectivity index (χ2n) is 4.50. The molecule has 0 radical (unpaired) electrons. The van der Waals surface area contributed by atoms with Crippen molar-refractivity contribution in [3.8, 4) is 0 Å². The molecule has 0 saturated carbocycles. The number of esters is 1. The molecular formula is C16H13Cl2NO3. The van der Waals surface area contributed by atoms with E-state index in [0.717, 1.165) is 5.56 Å². The van der Waals surface area contributed by atoms with Gasteiger partial charge in [0.25, 0.3) is 5.91 Å². The maximum Gasteiger partial charge on any atom is 0.337 e. The van der Waals surface area contributed by atoms with E-state index in [4.69, 9.17) is 23.2 Å². The van der Waals surface area contributed by atoms with Crippen LogP contribution in [0.25, 0.3) is 0 Å². The monoisotopic (exact) mass is 337 g/mol. The fraction of sp³-hybridized carbons (Fsp3) is 0.125. The highest BCUT2D eigenvalue weighted by Crippen LogP contribution is 2.20. The molecule has 2 rings (SSSR count). The third kappa shape index (κ3) is 4.00. The van der Waals surface area contributed by atoms with Gasteiger partial charge in [-0.2, -0.15) is 0 Å². The van der Waals surface area contributed by atoms with Crippen LogP contribution in [0.2, 0.25) is 10.0 Å². The van der Waals surface area contributed by atoms with Crippen LogP contribution in [0, 0.1) is 0 Å². The van der Waals surface area contributed by atoms with Crippen LogP contribution in [-0.2, 0) is 11.3 Å². The van der Waals surface area contributed by atoms with Gasteiger partial charge in [0.15, 0.2) is 0 Å². The highest BCUT2D eigenvalue weighted by molar-refractivity contribution is 6.36. The minimum absolute atomic E-state index is 0.293. The standard InChI is InChI=1S/C16H13Cl2NO3/c1-22-16(21)11-4-2-10(3-5-11)9-19-15(20)13-7-6-12(17)8-14(13)18/h2-8H,9H2,1H3,(H,19,20). The largest absolute Gasteiger partial charge is 0.465 e. The van der Waals surface area contributed by atoms with Gasteiger partial charge in [-0.25, -0.2) is 4.79 Å². The van der Waals surface area contributed by atoms with Gasteiger partial charge in [0.05, 0.1) is 23.3 Å². The highest BCUT2D eigenvalue weighted by atomic mass is 35.5. The van der Waals surface area contributed by atoms with E-state index in [-0.39, 0.29) is 5.91 Å². The molecule has 0 aliphatic heterocycles. The average Bonchev–Trinajstić information content (AvgIpc) is 2.52. The summed E-state index contributed by atoms with van der Waals surface area (Å²) in [5.41, 5.74) is 1.67. The Kier molecular flexibility index (Phi) is 5.41. The fourth-order valence-electron chi connectivity index (χ4n) is 1.83. The minimum atomic E-state index is -0.400. The topological polar surface area (TPSA) is 55.4 Å². The van der Waals surface area contributed by atoms with Gasteiger partial charge in [0.1, 0.15) is 0 Å². The van der Waals surface area contributed by atoms with Crippen LogP contribution in [0.4, 0.5) is 0 Å². The van der Waals surface area contributed by atoms with Gasteiger partial charge in [-0.05, 0) is 35.9 Å². The Bertz CT molecular complexity index is 699. The number of ether oxygens (including phenoxy) is 1. The summed E-state index contributed by atoms with van der Waals surface area (Å²) in [6.07, 6.45) is 0. The third-order valence-electron chi connectivity index (χ3n) is 3.00. The van der Waals surface area contributed by atoms with Gasteiger partial charge >= 0.3 is 5.97 Å². The molecule has 0 heterocycles. The number of amides is 1. The molecule has 1 N–H and O–H groups in total. The zero-order chi connectivity index (χ0) is 16.1. The summed E-state index contributed by atoms with van der Waals surface area (Å²) in [7, 11) is 1.33. The first-order valence-corrected chi connectivity index (χ1v) is 7.17.